The predicted octanol–water partition coefficient (Wildman–Crippen LogP) is 5.67. The summed E-state index contributed by atoms with van der Waals surface area (Å²) < 4.78 is 0. The Morgan fingerprint density at radius 2 is 1.94 bits per heavy atom. The summed E-state index contributed by atoms with van der Waals surface area (Å²) in [6, 6.07) is 11.7. The normalized spacial score (nSPS) is 24.7. The van der Waals surface area contributed by atoms with Crippen molar-refractivity contribution in [3.63, 3.8) is 0 Å². The summed E-state index contributed by atoms with van der Waals surface area (Å²) in [6.45, 7) is 4.26. The first-order valence-corrected chi connectivity index (χ1v) is 12.9. The van der Waals surface area contributed by atoms with Crippen LogP contribution in [0.1, 0.15) is 74.5 Å². The van der Waals surface area contributed by atoms with Gasteiger partial charge in [-0.25, -0.2) is 4.99 Å². The summed E-state index contributed by atoms with van der Waals surface area (Å²) in [5.74, 6) is 1.01. The molecule has 2 aromatic carbocycles. The molecule has 0 bridgehead atoms. The number of nitrogens with zero attached hydrogens (tertiary/aromatic N) is 1. The highest BCUT2D eigenvalue weighted by Gasteiger charge is 2.26. The highest BCUT2D eigenvalue weighted by molar-refractivity contribution is 6.44. The number of ketones is 1. The zero-order valence-electron chi connectivity index (χ0n) is 20.9. The number of rotatable bonds is 5. The minimum atomic E-state index is -0.0738. The maximum absolute atomic E-state index is 13.4. The minimum Gasteiger partial charge on any atom is -0.398 e. The fourth-order valence-electron chi connectivity index (χ4n) is 5.45. The molecule has 1 heterocycles. The molecule has 1 saturated carbocycles. The number of amidine groups is 1. The summed E-state index contributed by atoms with van der Waals surface area (Å²) in [4.78, 5) is 18.3. The molecule has 186 valence electrons. The van der Waals surface area contributed by atoms with Gasteiger partial charge in [0.15, 0.2) is 5.84 Å². The number of allylic oxidation sites excluding steroid dienone is 1. The van der Waals surface area contributed by atoms with Gasteiger partial charge < -0.3 is 21.9 Å². The van der Waals surface area contributed by atoms with Crippen molar-refractivity contribution in [2.24, 2.45) is 16.8 Å². The van der Waals surface area contributed by atoms with Crippen molar-refractivity contribution in [3.05, 3.63) is 59.2 Å². The third-order valence-corrected chi connectivity index (χ3v) is 7.66. The van der Waals surface area contributed by atoms with Crippen LogP contribution in [0, 0.1) is 18.8 Å². The number of carbonyl (C=O) groups excluding carboxylic acids is 1. The number of Topliss-reactive ketones (excluding diaryl/α,β-unsaturated/α-hetero) is 1. The van der Waals surface area contributed by atoms with Gasteiger partial charge in [-0.1, -0.05) is 37.6 Å². The van der Waals surface area contributed by atoms with Gasteiger partial charge >= 0.3 is 0 Å². The summed E-state index contributed by atoms with van der Waals surface area (Å²) in [5, 5.41) is 12.9. The van der Waals surface area contributed by atoms with Crippen LogP contribution in [-0.4, -0.2) is 23.3 Å². The molecule has 35 heavy (non-hydrogen) atoms. The van der Waals surface area contributed by atoms with Crippen LogP contribution in [-0.2, 0) is 4.79 Å². The SMILES string of the molecule is CCC1CC/C=C(/c2cccc(N)c2C)N=C(Nc2ccc(C3CCCC(CO)C3)c(N)c2)C1=O. The van der Waals surface area contributed by atoms with Crippen LogP contribution < -0.4 is 16.8 Å². The van der Waals surface area contributed by atoms with Crippen molar-refractivity contribution in [2.45, 2.75) is 64.7 Å². The molecule has 0 aromatic heterocycles. The molecule has 6 heteroatoms. The number of nitrogen functional groups attached to an aromatic ring is 2. The Morgan fingerprint density at radius 3 is 2.69 bits per heavy atom. The molecule has 2 aliphatic rings. The van der Waals surface area contributed by atoms with Gasteiger partial charge in [0, 0.05) is 35.2 Å². The largest absolute Gasteiger partial charge is 0.398 e. The molecule has 6 nitrogen and oxygen atoms in total. The average Bonchev–Trinajstić information content (AvgIpc) is 2.86. The number of aliphatic hydroxyl groups is 1. The van der Waals surface area contributed by atoms with Crippen molar-refractivity contribution in [1.29, 1.82) is 0 Å². The topological polar surface area (TPSA) is 114 Å². The van der Waals surface area contributed by atoms with E-state index in [1.807, 2.05) is 44.2 Å². The Hall–Kier alpha value is -3.12. The van der Waals surface area contributed by atoms with Crippen LogP contribution >= 0.6 is 0 Å². The van der Waals surface area contributed by atoms with E-state index in [9.17, 15) is 9.90 Å². The quantitative estimate of drug-likeness (QED) is 0.417. The Bertz CT molecular complexity index is 1140. The Morgan fingerprint density at radius 1 is 1.11 bits per heavy atom. The van der Waals surface area contributed by atoms with Crippen molar-refractivity contribution >= 4 is 34.4 Å². The molecule has 1 aliphatic carbocycles. The van der Waals surface area contributed by atoms with Gasteiger partial charge in [0.1, 0.15) is 0 Å². The molecule has 0 amide bonds. The van der Waals surface area contributed by atoms with Gasteiger partial charge in [0.25, 0.3) is 0 Å². The second-order valence-electron chi connectivity index (χ2n) is 10.00. The van der Waals surface area contributed by atoms with Crippen LogP contribution in [0.3, 0.4) is 0 Å². The maximum Gasteiger partial charge on any atom is 0.201 e. The molecule has 1 fully saturated rings. The lowest BCUT2D eigenvalue weighted by molar-refractivity contribution is -0.116. The number of aliphatic imine (C=N–C) groups is 1. The van der Waals surface area contributed by atoms with E-state index in [4.69, 9.17) is 16.5 Å². The fourth-order valence-corrected chi connectivity index (χ4v) is 5.45. The van der Waals surface area contributed by atoms with Crippen LogP contribution in [0.4, 0.5) is 17.1 Å². The van der Waals surface area contributed by atoms with Gasteiger partial charge in [-0.15, -0.1) is 0 Å². The predicted molar refractivity (Wildman–Crippen MR) is 145 cm³/mol. The Labute approximate surface area is 208 Å². The fraction of sp³-hybridized carbons (Fsp3) is 0.448. The van der Waals surface area contributed by atoms with E-state index < -0.39 is 0 Å². The van der Waals surface area contributed by atoms with E-state index in [-0.39, 0.29) is 18.3 Å². The highest BCUT2D eigenvalue weighted by Crippen LogP contribution is 2.39. The molecular formula is C29H38N4O2. The first kappa shape index (κ1) is 25.0. The number of aliphatic hydroxyl groups excluding tert-OH is 1. The Kier molecular flexibility index (Phi) is 7.91. The van der Waals surface area contributed by atoms with Crippen LogP contribution in [0.2, 0.25) is 0 Å². The smallest absolute Gasteiger partial charge is 0.201 e. The molecule has 3 unspecified atom stereocenters. The zero-order chi connectivity index (χ0) is 24.9. The molecule has 4 rings (SSSR count). The number of hydrogen-bond acceptors (Lipinski definition) is 6. The van der Waals surface area contributed by atoms with Gasteiger partial charge in [0.05, 0.1) is 5.70 Å². The van der Waals surface area contributed by atoms with Crippen LogP contribution in [0.25, 0.3) is 5.70 Å². The standard InChI is InChI=1S/C29H38N4O2/c1-3-20-8-5-12-27(23-10-6-11-25(30)18(23)2)33-29(28(20)35)32-22-13-14-24(26(31)16-22)21-9-4-7-19(15-21)17-34/h6,10-14,16,19-21,34H,3-5,7-9,15,17,30-31H2,1-2H3,(H,32,33)/b27-12-. The summed E-state index contributed by atoms with van der Waals surface area (Å²) in [7, 11) is 0. The Balaban J connectivity index is 1.64. The second kappa shape index (κ2) is 11.1. The van der Waals surface area contributed by atoms with E-state index in [1.54, 1.807) is 0 Å². The summed E-state index contributed by atoms with van der Waals surface area (Å²) in [5.41, 5.74) is 18.6. The summed E-state index contributed by atoms with van der Waals surface area (Å²) in [6.07, 6.45) is 8.70. The molecule has 2 aromatic rings. The number of hydrogen-bond donors (Lipinski definition) is 4. The van der Waals surface area contributed by atoms with E-state index in [2.05, 4.69) is 17.5 Å². The minimum absolute atomic E-state index is 0.0281. The molecule has 0 spiro atoms. The van der Waals surface area contributed by atoms with Crippen molar-refractivity contribution < 1.29 is 9.90 Å². The van der Waals surface area contributed by atoms with E-state index >= 15 is 0 Å². The summed E-state index contributed by atoms with van der Waals surface area (Å²) >= 11 is 0. The zero-order valence-corrected chi connectivity index (χ0v) is 20.9. The first-order chi connectivity index (χ1) is 16.9. The van der Waals surface area contributed by atoms with Crippen molar-refractivity contribution in [3.8, 4) is 0 Å². The number of carbonyl (C=O) groups is 1. The second-order valence-corrected chi connectivity index (χ2v) is 10.00. The first-order valence-electron chi connectivity index (χ1n) is 12.9. The number of nitrogens with two attached hydrogens (primary N) is 2. The average molecular weight is 475 g/mol. The molecule has 1 aliphatic heterocycles. The molecule has 0 saturated heterocycles. The van der Waals surface area contributed by atoms with Crippen molar-refractivity contribution in [2.75, 3.05) is 23.4 Å². The number of anilines is 3. The molecule has 0 radical (unpaired) electrons. The van der Waals surface area contributed by atoms with Crippen LogP contribution in [0.15, 0.2) is 47.5 Å². The number of benzene rings is 2. The lowest BCUT2D eigenvalue weighted by Gasteiger charge is -2.29. The van der Waals surface area contributed by atoms with Gasteiger partial charge in [-0.05, 0) is 86.6 Å². The molecule has 6 N–H and O–H groups in total. The lowest BCUT2D eigenvalue weighted by atomic mass is 9.78. The van der Waals surface area contributed by atoms with Crippen LogP contribution in [0.5, 0.6) is 0 Å². The van der Waals surface area contributed by atoms with Crippen molar-refractivity contribution in [1.82, 2.24) is 0 Å². The number of nitrogens with one attached hydrogen (secondary N) is 1. The monoisotopic (exact) mass is 474 g/mol. The van der Waals surface area contributed by atoms with Gasteiger partial charge in [-0.2, -0.15) is 0 Å². The molecule has 3 atom stereocenters. The van der Waals surface area contributed by atoms with E-state index in [1.165, 1.54) is 0 Å². The van der Waals surface area contributed by atoms with E-state index in [0.717, 1.165) is 73.0 Å². The van der Waals surface area contributed by atoms with Gasteiger partial charge in [0.2, 0.25) is 5.78 Å². The third-order valence-electron chi connectivity index (χ3n) is 7.66. The third kappa shape index (κ3) is 5.59. The van der Waals surface area contributed by atoms with E-state index in [0.29, 0.717) is 29.0 Å². The lowest BCUT2D eigenvalue weighted by Crippen LogP contribution is -2.30. The maximum atomic E-state index is 13.4. The highest BCUT2D eigenvalue weighted by atomic mass is 16.3. The van der Waals surface area contributed by atoms with Gasteiger partial charge in [-0.3, -0.25) is 4.79 Å². The molecular weight excluding hydrogens is 436 g/mol.